The van der Waals surface area contributed by atoms with Crippen LogP contribution in [0.2, 0.25) is 0 Å². The van der Waals surface area contributed by atoms with Crippen LogP contribution in [0.4, 0.5) is 0 Å². The molecule has 0 spiro atoms. The predicted molar refractivity (Wildman–Crippen MR) is 151 cm³/mol. The highest BCUT2D eigenvalue weighted by Crippen LogP contribution is 2.61. The van der Waals surface area contributed by atoms with Crippen LogP contribution in [0.1, 0.15) is 51.7 Å². The quantitative estimate of drug-likeness (QED) is 0.105. The molecule has 2 aromatic carbocycles. The molecule has 200 valence electrons. The smallest absolute Gasteiger partial charge is 0.417 e. The lowest BCUT2D eigenvalue weighted by Gasteiger charge is -2.18. The Kier molecular flexibility index (Phi) is 13.5. The fourth-order valence-corrected chi connectivity index (χ4v) is 9.79. The molecule has 2 atom stereocenters. The van der Waals surface area contributed by atoms with E-state index in [-0.39, 0.29) is 0 Å². The third-order valence-corrected chi connectivity index (χ3v) is 12.3. The molecule has 36 heavy (non-hydrogen) atoms. The Hall–Kier alpha value is -1.41. The molecule has 12 heteroatoms. The van der Waals surface area contributed by atoms with Crippen molar-refractivity contribution in [1.29, 1.82) is 0 Å². The highest BCUT2D eigenvalue weighted by Gasteiger charge is 2.27. The molecule has 8 nitrogen and oxygen atoms in total. The average Bonchev–Trinajstić information content (AvgIpc) is 2.86. The van der Waals surface area contributed by atoms with E-state index in [1.165, 1.54) is 29.9 Å². The van der Waals surface area contributed by atoms with Crippen molar-refractivity contribution in [2.24, 2.45) is 5.16 Å². The first kappa shape index (κ1) is 30.8. The molecule has 0 saturated carbocycles. The number of nitrogens with zero attached hydrogens (tertiary/aromatic N) is 1. The first-order chi connectivity index (χ1) is 17.3. The molecule has 0 bridgehead atoms. The van der Waals surface area contributed by atoms with Gasteiger partial charge in [-0.15, -0.1) is 0 Å². The first-order valence-electron chi connectivity index (χ1n) is 11.8. The summed E-state index contributed by atoms with van der Waals surface area (Å²) in [5.41, 5.74) is 2.12. The van der Waals surface area contributed by atoms with Gasteiger partial charge in [-0.2, -0.15) is 0 Å². The van der Waals surface area contributed by atoms with Crippen molar-refractivity contribution in [1.82, 2.24) is 0 Å². The number of hydrogen-bond acceptors (Lipinski definition) is 10. The number of benzene rings is 2. The summed E-state index contributed by atoms with van der Waals surface area (Å²) in [6.07, 6.45) is 1.73. The monoisotopic (exact) mass is 575 g/mol. The first-order valence-corrected chi connectivity index (χ1v) is 18.1. The van der Waals surface area contributed by atoms with E-state index in [9.17, 15) is 9.13 Å². The van der Waals surface area contributed by atoms with Gasteiger partial charge in [-0.1, -0.05) is 19.0 Å². The van der Waals surface area contributed by atoms with Crippen LogP contribution in [-0.4, -0.2) is 37.5 Å². The topological polar surface area (TPSA) is 92.7 Å². The molecule has 2 unspecified atom stereocenters. The van der Waals surface area contributed by atoms with Gasteiger partial charge in [0.25, 0.3) is 0 Å². The molecule has 0 fully saturated rings. The van der Waals surface area contributed by atoms with E-state index < -0.39 is 13.6 Å². The molecular weight excluding hydrogens is 540 g/mol. The molecule has 0 N–H and O–H groups in total. The normalized spacial score (nSPS) is 14.4. The maximum absolute atomic E-state index is 12.9. The van der Waals surface area contributed by atoms with Crippen LogP contribution in [0.3, 0.4) is 0 Å². The van der Waals surface area contributed by atoms with Gasteiger partial charge in [0.15, 0.2) is 0 Å². The Morgan fingerprint density at radius 3 is 1.42 bits per heavy atom. The Labute approximate surface area is 222 Å². The van der Waals surface area contributed by atoms with Crippen molar-refractivity contribution >= 4 is 42.1 Å². The molecule has 0 amide bonds. The van der Waals surface area contributed by atoms with Gasteiger partial charge in [-0.25, -0.2) is 9.13 Å². The molecule has 2 aromatic rings. The Bertz CT molecular complexity index is 970. The molecule has 2 rings (SSSR count). The molecule has 0 radical (unpaired) electrons. The molecule has 0 aliphatic heterocycles. The Morgan fingerprint density at radius 2 is 1.11 bits per heavy atom. The zero-order chi connectivity index (χ0) is 26.4. The highest BCUT2D eigenvalue weighted by atomic mass is 32.7. The second kappa shape index (κ2) is 15.8. The summed E-state index contributed by atoms with van der Waals surface area (Å²) in [6.45, 7) is 1.61. The minimum absolute atomic E-state index is 0.299. The van der Waals surface area contributed by atoms with Crippen molar-refractivity contribution in [3.8, 4) is 11.5 Å². The summed E-state index contributed by atoms with van der Waals surface area (Å²) >= 11 is 2.39. The van der Waals surface area contributed by atoms with Gasteiger partial charge in [0.05, 0.1) is 13.2 Å². The van der Waals surface area contributed by atoms with E-state index in [0.29, 0.717) is 41.9 Å². The van der Waals surface area contributed by atoms with Crippen molar-refractivity contribution in [3.63, 3.8) is 0 Å². The van der Waals surface area contributed by atoms with Gasteiger partial charge in [0, 0.05) is 22.6 Å². The third kappa shape index (κ3) is 9.81. The Morgan fingerprint density at radius 1 is 0.722 bits per heavy atom. The lowest BCUT2D eigenvalue weighted by molar-refractivity contribution is 0.214. The van der Waals surface area contributed by atoms with E-state index in [1.807, 2.05) is 38.1 Å². The van der Waals surface area contributed by atoms with Crippen molar-refractivity contribution < 1.29 is 32.1 Å². The zero-order valence-electron chi connectivity index (χ0n) is 21.4. The molecule has 0 aliphatic rings. The van der Waals surface area contributed by atoms with Gasteiger partial charge in [-0.05, 0) is 98.0 Å². The molecule has 0 aliphatic carbocycles. The second-order valence-electron chi connectivity index (χ2n) is 7.25. The molecule has 0 heterocycles. The van der Waals surface area contributed by atoms with E-state index >= 15 is 0 Å². The number of rotatable bonds is 17. The van der Waals surface area contributed by atoms with Crippen LogP contribution < -0.4 is 9.05 Å². The molecule has 0 saturated heterocycles. The summed E-state index contributed by atoms with van der Waals surface area (Å²) in [5.74, 6) is 2.24. The Balaban J connectivity index is 2.20. The van der Waals surface area contributed by atoms with Crippen LogP contribution >= 0.6 is 36.4 Å². The van der Waals surface area contributed by atoms with Gasteiger partial charge < -0.3 is 13.9 Å². The van der Waals surface area contributed by atoms with Crippen molar-refractivity contribution in [3.05, 3.63) is 59.7 Å². The average molecular weight is 576 g/mol. The summed E-state index contributed by atoms with van der Waals surface area (Å²) in [5, 5.41) is 4.18. The summed E-state index contributed by atoms with van der Waals surface area (Å²) in [4.78, 5) is 5.08. The van der Waals surface area contributed by atoms with E-state index in [1.54, 1.807) is 38.1 Å². The van der Waals surface area contributed by atoms with Crippen LogP contribution in [-0.2, 0) is 23.0 Å². The van der Waals surface area contributed by atoms with Crippen LogP contribution in [0.15, 0.2) is 53.7 Å². The minimum Gasteiger partial charge on any atom is -0.417 e. The fraction of sp³-hybridized carbons (Fsp3) is 0.458. The number of hydrogen-bond donors (Lipinski definition) is 0. The standard InChI is InChI=1S/C24H35NO7P2S2/c1-6-18-35-33(26,29-8-3)31-22-14-10-20(11-15-22)24(25-28-5)21-12-16-23(17-13-21)32-34(27,30-9-4)36-19-7-2/h10-17H,6-9,18-19H2,1-5H3. The van der Waals surface area contributed by atoms with Crippen molar-refractivity contribution in [2.75, 3.05) is 31.8 Å². The zero-order valence-corrected chi connectivity index (χ0v) is 24.8. The van der Waals surface area contributed by atoms with Gasteiger partial charge in [0.1, 0.15) is 24.3 Å². The molecular formula is C24H35NO7P2S2. The SMILES string of the molecule is CCCSP(=O)(OCC)Oc1ccc(C(=NOC)c2ccc(OP(=O)(OCC)SCCC)cc2)cc1. The maximum atomic E-state index is 12.9. The summed E-state index contributed by atoms with van der Waals surface area (Å²) in [7, 11) is 1.47. The lowest BCUT2D eigenvalue weighted by Crippen LogP contribution is -2.04. The lowest BCUT2D eigenvalue weighted by atomic mass is 10.0. The predicted octanol–water partition coefficient (Wildman–Crippen LogP) is 8.42. The van der Waals surface area contributed by atoms with Crippen molar-refractivity contribution in [2.45, 2.75) is 40.5 Å². The second-order valence-corrected chi connectivity index (χ2v) is 15.5. The number of oxime groups is 1. The van der Waals surface area contributed by atoms with Gasteiger partial charge in [-0.3, -0.25) is 9.05 Å². The van der Waals surface area contributed by atoms with Crippen LogP contribution in [0.25, 0.3) is 0 Å². The van der Waals surface area contributed by atoms with E-state index in [4.69, 9.17) is 22.9 Å². The van der Waals surface area contributed by atoms with Gasteiger partial charge in [0.2, 0.25) is 0 Å². The third-order valence-electron chi connectivity index (χ3n) is 4.35. The minimum atomic E-state index is -3.29. The highest BCUT2D eigenvalue weighted by molar-refractivity contribution is 8.55. The van der Waals surface area contributed by atoms with E-state index in [0.717, 1.165) is 24.0 Å². The van der Waals surface area contributed by atoms with Crippen LogP contribution in [0, 0.1) is 0 Å². The summed E-state index contributed by atoms with van der Waals surface area (Å²) < 4.78 is 48.2. The van der Waals surface area contributed by atoms with Crippen LogP contribution in [0.5, 0.6) is 11.5 Å². The largest absolute Gasteiger partial charge is 0.440 e. The van der Waals surface area contributed by atoms with E-state index in [2.05, 4.69) is 5.16 Å². The van der Waals surface area contributed by atoms with Gasteiger partial charge >= 0.3 is 13.6 Å². The summed E-state index contributed by atoms with van der Waals surface area (Å²) in [6, 6.07) is 14.1. The molecule has 0 aromatic heterocycles. The maximum Gasteiger partial charge on any atom is 0.440 e. The fourth-order valence-electron chi connectivity index (χ4n) is 2.87.